The van der Waals surface area contributed by atoms with E-state index in [0.29, 0.717) is 16.6 Å². The molecule has 1 fully saturated rings. The normalized spacial score (nSPS) is 18.7. The lowest BCUT2D eigenvalue weighted by Crippen LogP contribution is -2.54. The first kappa shape index (κ1) is 16.8. The van der Waals surface area contributed by atoms with Crippen molar-refractivity contribution in [3.63, 3.8) is 0 Å². The standard InChI is InChI=1S/C14H19Cl2N3OS/c15-11-4-2-1-3-10(11)7-14(20,13(16)5-6-13)8-18-12(21)19-9-17/h1-4,20H,5-9,17H2,(H2,18,19,21). The molecule has 0 bridgehead atoms. The van der Waals surface area contributed by atoms with Gasteiger partial charge in [-0.25, -0.2) is 0 Å². The number of aliphatic hydroxyl groups is 1. The highest BCUT2D eigenvalue weighted by Crippen LogP contribution is 2.52. The summed E-state index contributed by atoms with van der Waals surface area (Å²) >= 11 is 17.7. The van der Waals surface area contributed by atoms with Crippen LogP contribution in [0.3, 0.4) is 0 Å². The molecule has 1 aliphatic carbocycles. The van der Waals surface area contributed by atoms with Gasteiger partial charge in [-0.1, -0.05) is 29.8 Å². The van der Waals surface area contributed by atoms with Crippen LogP contribution in [0.5, 0.6) is 0 Å². The van der Waals surface area contributed by atoms with Gasteiger partial charge in [-0.05, 0) is 36.7 Å². The molecule has 5 N–H and O–H groups in total. The molecule has 1 aliphatic rings. The monoisotopic (exact) mass is 347 g/mol. The summed E-state index contributed by atoms with van der Waals surface area (Å²) < 4.78 is 0. The third-order valence-corrected chi connectivity index (χ3v) is 5.15. The molecule has 0 saturated heterocycles. The predicted molar refractivity (Wildman–Crippen MR) is 90.7 cm³/mol. The van der Waals surface area contributed by atoms with Crippen LogP contribution in [0.2, 0.25) is 5.02 Å². The highest BCUT2D eigenvalue weighted by molar-refractivity contribution is 7.80. The van der Waals surface area contributed by atoms with Crippen molar-refractivity contribution < 1.29 is 5.11 Å². The summed E-state index contributed by atoms with van der Waals surface area (Å²) in [4.78, 5) is -0.627. The van der Waals surface area contributed by atoms with Crippen LogP contribution in [0.25, 0.3) is 0 Å². The zero-order valence-corrected chi connectivity index (χ0v) is 13.9. The van der Waals surface area contributed by atoms with Gasteiger partial charge in [0, 0.05) is 18.0 Å². The third-order valence-electron chi connectivity index (χ3n) is 3.77. The lowest BCUT2D eigenvalue weighted by molar-refractivity contribution is 0.0326. The number of nitrogens with two attached hydrogens (primary N) is 1. The van der Waals surface area contributed by atoms with Crippen LogP contribution in [-0.4, -0.2) is 33.9 Å². The van der Waals surface area contributed by atoms with E-state index in [0.717, 1.165) is 18.4 Å². The number of alkyl halides is 1. The Bertz CT molecular complexity index is 525. The van der Waals surface area contributed by atoms with E-state index >= 15 is 0 Å². The maximum atomic E-state index is 11.0. The van der Waals surface area contributed by atoms with Gasteiger partial charge in [0.1, 0.15) is 5.60 Å². The average Bonchev–Trinajstić information content (AvgIpc) is 3.19. The largest absolute Gasteiger partial charge is 0.386 e. The van der Waals surface area contributed by atoms with E-state index in [-0.39, 0.29) is 13.2 Å². The molecule has 1 aromatic rings. The van der Waals surface area contributed by atoms with E-state index in [9.17, 15) is 5.11 Å². The minimum Gasteiger partial charge on any atom is -0.386 e. The molecule has 0 aliphatic heterocycles. The molecule has 116 valence electrons. The van der Waals surface area contributed by atoms with Crippen molar-refractivity contribution in [3.05, 3.63) is 34.9 Å². The molecule has 2 rings (SSSR count). The van der Waals surface area contributed by atoms with Crippen molar-refractivity contribution in [3.8, 4) is 0 Å². The van der Waals surface area contributed by atoms with Crippen molar-refractivity contribution in [2.45, 2.75) is 29.7 Å². The Labute approximate surface area is 140 Å². The van der Waals surface area contributed by atoms with Crippen LogP contribution >= 0.6 is 35.4 Å². The summed E-state index contributed by atoms with van der Waals surface area (Å²) in [5.41, 5.74) is 5.11. The zero-order valence-electron chi connectivity index (χ0n) is 11.5. The highest BCUT2D eigenvalue weighted by Gasteiger charge is 2.57. The molecule has 21 heavy (non-hydrogen) atoms. The summed E-state index contributed by atoms with van der Waals surface area (Å²) in [6, 6.07) is 7.45. The number of benzene rings is 1. The Kier molecular flexibility index (Phi) is 5.33. The van der Waals surface area contributed by atoms with Gasteiger partial charge in [0.25, 0.3) is 0 Å². The first-order valence-electron chi connectivity index (χ1n) is 6.77. The summed E-state index contributed by atoms with van der Waals surface area (Å²) in [6.07, 6.45) is 1.91. The molecule has 0 amide bonds. The number of rotatable bonds is 6. The van der Waals surface area contributed by atoms with Crippen molar-refractivity contribution >= 4 is 40.5 Å². The van der Waals surface area contributed by atoms with Gasteiger partial charge in [-0.3, -0.25) is 0 Å². The number of hydrogen-bond donors (Lipinski definition) is 4. The van der Waals surface area contributed by atoms with Crippen LogP contribution in [0.1, 0.15) is 18.4 Å². The molecule has 1 atom stereocenters. The van der Waals surface area contributed by atoms with Crippen LogP contribution in [0, 0.1) is 0 Å². The molecule has 7 heteroatoms. The number of nitrogens with one attached hydrogen (secondary N) is 2. The number of halogens is 2. The first-order chi connectivity index (χ1) is 9.90. The Balaban J connectivity index is 2.11. The SMILES string of the molecule is NCNC(=S)NCC(O)(Cc1ccccc1Cl)C1(Cl)CC1. The van der Waals surface area contributed by atoms with Crippen LogP contribution in [0.4, 0.5) is 0 Å². The van der Waals surface area contributed by atoms with E-state index in [4.69, 9.17) is 41.2 Å². The summed E-state index contributed by atoms with van der Waals surface area (Å²) in [7, 11) is 0. The van der Waals surface area contributed by atoms with Gasteiger partial charge in [-0.15, -0.1) is 11.6 Å². The van der Waals surface area contributed by atoms with Crippen molar-refractivity contribution in [2.75, 3.05) is 13.2 Å². The average molecular weight is 348 g/mol. The Morgan fingerprint density at radius 2 is 2.05 bits per heavy atom. The van der Waals surface area contributed by atoms with Gasteiger partial charge in [-0.2, -0.15) is 0 Å². The van der Waals surface area contributed by atoms with Gasteiger partial charge in [0.05, 0.1) is 11.5 Å². The second kappa shape index (κ2) is 6.67. The molecule has 0 radical (unpaired) electrons. The van der Waals surface area contributed by atoms with Gasteiger partial charge in [0.2, 0.25) is 0 Å². The van der Waals surface area contributed by atoms with Gasteiger partial charge >= 0.3 is 0 Å². The molecular weight excluding hydrogens is 329 g/mol. The van der Waals surface area contributed by atoms with Gasteiger partial charge < -0.3 is 21.5 Å². The smallest absolute Gasteiger partial charge is 0.167 e. The molecule has 0 heterocycles. The Morgan fingerprint density at radius 1 is 1.38 bits per heavy atom. The maximum Gasteiger partial charge on any atom is 0.167 e. The molecule has 0 spiro atoms. The lowest BCUT2D eigenvalue weighted by Gasteiger charge is -2.34. The number of thiocarbonyl (C=S) groups is 1. The third kappa shape index (κ3) is 3.99. The van der Waals surface area contributed by atoms with Crippen molar-refractivity contribution in [2.24, 2.45) is 5.73 Å². The summed E-state index contributed by atoms with van der Waals surface area (Å²) in [6.45, 7) is 0.481. The Morgan fingerprint density at radius 3 is 2.62 bits per heavy atom. The predicted octanol–water partition coefficient (Wildman–Crippen LogP) is 1.77. The lowest BCUT2D eigenvalue weighted by atomic mass is 9.89. The van der Waals surface area contributed by atoms with Crippen molar-refractivity contribution in [1.29, 1.82) is 0 Å². The van der Waals surface area contributed by atoms with Crippen LogP contribution in [0.15, 0.2) is 24.3 Å². The van der Waals surface area contributed by atoms with E-state index in [2.05, 4.69) is 10.6 Å². The fraction of sp³-hybridized carbons (Fsp3) is 0.500. The first-order valence-corrected chi connectivity index (χ1v) is 7.93. The molecule has 0 aromatic heterocycles. The van der Waals surface area contributed by atoms with E-state index in [1.54, 1.807) is 6.07 Å². The van der Waals surface area contributed by atoms with Crippen LogP contribution < -0.4 is 16.4 Å². The summed E-state index contributed by atoms with van der Waals surface area (Å²) in [5.74, 6) is 0. The molecule has 1 unspecified atom stereocenters. The molecule has 4 nitrogen and oxygen atoms in total. The van der Waals surface area contributed by atoms with E-state index < -0.39 is 10.5 Å². The maximum absolute atomic E-state index is 11.0. The Hall–Kier alpha value is -0.590. The molecule has 1 aromatic carbocycles. The fourth-order valence-corrected chi connectivity index (χ4v) is 2.88. The van der Waals surface area contributed by atoms with Gasteiger partial charge in [0.15, 0.2) is 5.11 Å². The van der Waals surface area contributed by atoms with E-state index in [1.807, 2.05) is 18.2 Å². The molecular formula is C14H19Cl2N3OS. The molecule has 1 saturated carbocycles. The minimum atomic E-state index is -1.13. The second-order valence-electron chi connectivity index (χ2n) is 5.33. The minimum absolute atomic E-state index is 0.237. The fourth-order valence-electron chi connectivity index (χ4n) is 2.29. The highest BCUT2D eigenvalue weighted by atomic mass is 35.5. The zero-order chi connectivity index (χ0) is 15.5. The topological polar surface area (TPSA) is 70.3 Å². The van der Waals surface area contributed by atoms with Crippen LogP contribution in [-0.2, 0) is 6.42 Å². The quantitative estimate of drug-likeness (QED) is 0.358. The number of hydrogen-bond acceptors (Lipinski definition) is 3. The van der Waals surface area contributed by atoms with Crippen molar-refractivity contribution in [1.82, 2.24) is 10.6 Å². The summed E-state index contributed by atoms with van der Waals surface area (Å²) in [5, 5.41) is 17.8. The second-order valence-corrected chi connectivity index (χ2v) is 6.87. The van der Waals surface area contributed by atoms with E-state index in [1.165, 1.54) is 0 Å².